The van der Waals surface area contributed by atoms with Gasteiger partial charge in [0.05, 0.1) is 22.4 Å². The minimum absolute atomic E-state index is 0.0241. The van der Waals surface area contributed by atoms with Crippen LogP contribution in [0.25, 0.3) is 0 Å². The van der Waals surface area contributed by atoms with Gasteiger partial charge in [-0.1, -0.05) is 11.6 Å². The summed E-state index contributed by atoms with van der Waals surface area (Å²) >= 11 is 5.55. The molecule has 24 heavy (non-hydrogen) atoms. The zero-order valence-corrected chi connectivity index (χ0v) is 13.5. The van der Waals surface area contributed by atoms with Gasteiger partial charge in [0, 0.05) is 18.8 Å². The Labute approximate surface area is 142 Å². The number of amides is 2. The molecule has 2 atom stereocenters. The first-order valence-electron chi connectivity index (χ1n) is 7.74. The van der Waals surface area contributed by atoms with E-state index in [1.807, 2.05) is 0 Å². The Balaban J connectivity index is 1.63. The van der Waals surface area contributed by atoms with Crippen LogP contribution < -0.4 is 5.32 Å². The lowest BCUT2D eigenvalue weighted by molar-refractivity contribution is -0.137. The molecule has 1 aliphatic carbocycles. The van der Waals surface area contributed by atoms with Crippen molar-refractivity contribution in [1.29, 1.82) is 0 Å². The summed E-state index contributed by atoms with van der Waals surface area (Å²) < 4.78 is 38.5. The van der Waals surface area contributed by atoms with Crippen molar-refractivity contribution >= 4 is 29.1 Å². The number of likely N-dealkylation sites (tertiary alicyclic amines) is 1. The lowest BCUT2D eigenvalue weighted by Gasteiger charge is -2.15. The van der Waals surface area contributed by atoms with Crippen molar-refractivity contribution in [3.8, 4) is 0 Å². The molecule has 4 nitrogen and oxygen atoms in total. The van der Waals surface area contributed by atoms with Gasteiger partial charge < -0.3 is 10.2 Å². The third-order valence-corrected chi connectivity index (χ3v) is 4.73. The van der Waals surface area contributed by atoms with E-state index in [9.17, 15) is 22.8 Å². The van der Waals surface area contributed by atoms with Gasteiger partial charge in [-0.3, -0.25) is 9.59 Å². The quantitative estimate of drug-likeness (QED) is 0.896. The zero-order chi connectivity index (χ0) is 17.5. The Morgan fingerprint density at radius 2 is 1.83 bits per heavy atom. The van der Waals surface area contributed by atoms with Crippen LogP contribution in [0.15, 0.2) is 18.2 Å². The minimum atomic E-state index is -4.59. The van der Waals surface area contributed by atoms with Gasteiger partial charge in [0.1, 0.15) is 0 Å². The number of anilines is 1. The molecule has 1 N–H and O–H groups in total. The van der Waals surface area contributed by atoms with Crippen LogP contribution in [0.2, 0.25) is 5.02 Å². The van der Waals surface area contributed by atoms with Gasteiger partial charge in [-0.2, -0.15) is 13.2 Å². The highest BCUT2D eigenvalue weighted by molar-refractivity contribution is 6.31. The molecular weight excluding hydrogens is 345 g/mol. The van der Waals surface area contributed by atoms with Crippen LogP contribution in [0.1, 0.15) is 24.8 Å². The molecule has 1 aromatic carbocycles. The molecule has 1 heterocycles. The monoisotopic (exact) mass is 360 g/mol. The highest BCUT2D eigenvalue weighted by Gasteiger charge is 2.49. The highest BCUT2D eigenvalue weighted by atomic mass is 35.5. The second kappa shape index (κ2) is 6.27. The van der Waals surface area contributed by atoms with E-state index in [1.165, 1.54) is 6.07 Å². The van der Waals surface area contributed by atoms with E-state index in [2.05, 4.69) is 5.32 Å². The van der Waals surface area contributed by atoms with Crippen molar-refractivity contribution in [2.24, 2.45) is 11.8 Å². The number of nitrogens with zero attached hydrogens (tertiary/aromatic N) is 1. The summed E-state index contributed by atoms with van der Waals surface area (Å²) in [6.07, 6.45) is -2.20. The molecule has 130 valence electrons. The molecule has 0 radical (unpaired) electrons. The van der Waals surface area contributed by atoms with E-state index in [0.29, 0.717) is 6.42 Å². The second-order valence-corrected chi connectivity index (χ2v) is 6.57. The van der Waals surface area contributed by atoms with Gasteiger partial charge >= 0.3 is 6.18 Å². The molecule has 0 aromatic heterocycles. The van der Waals surface area contributed by atoms with E-state index >= 15 is 0 Å². The summed E-state index contributed by atoms with van der Waals surface area (Å²) in [7, 11) is 0. The van der Waals surface area contributed by atoms with E-state index in [4.69, 9.17) is 11.6 Å². The molecule has 0 bridgehead atoms. The molecule has 2 amide bonds. The van der Waals surface area contributed by atoms with Gasteiger partial charge in [-0.15, -0.1) is 0 Å². The minimum Gasteiger partial charge on any atom is -0.342 e. The van der Waals surface area contributed by atoms with E-state index in [1.54, 1.807) is 4.90 Å². The maximum atomic E-state index is 12.8. The number of hydrogen-bond acceptors (Lipinski definition) is 2. The van der Waals surface area contributed by atoms with Crippen molar-refractivity contribution in [3.05, 3.63) is 28.8 Å². The Kier molecular flexibility index (Phi) is 4.46. The van der Waals surface area contributed by atoms with Crippen LogP contribution in [-0.4, -0.2) is 29.8 Å². The molecule has 2 unspecified atom stereocenters. The average molecular weight is 361 g/mol. The van der Waals surface area contributed by atoms with Crippen LogP contribution in [0.4, 0.5) is 18.9 Å². The maximum Gasteiger partial charge on any atom is 0.417 e. The molecule has 2 aliphatic rings. The zero-order valence-electron chi connectivity index (χ0n) is 12.7. The predicted octanol–water partition coefficient (Wildman–Crippen LogP) is 3.56. The van der Waals surface area contributed by atoms with Crippen molar-refractivity contribution in [1.82, 2.24) is 4.90 Å². The summed E-state index contributed by atoms with van der Waals surface area (Å²) in [5.74, 6) is -1.27. The van der Waals surface area contributed by atoms with Crippen LogP contribution in [-0.2, 0) is 15.8 Å². The highest BCUT2D eigenvalue weighted by Crippen LogP contribution is 2.42. The SMILES string of the molecule is O=C(Nc1ccc(Cl)c(C(F)(F)F)c1)C1CC1C(=O)N1CCCC1. The summed E-state index contributed by atoms with van der Waals surface area (Å²) in [6, 6.07) is 3.22. The fraction of sp³-hybridized carbons (Fsp3) is 0.500. The predicted molar refractivity (Wildman–Crippen MR) is 82.5 cm³/mol. The number of rotatable bonds is 3. The summed E-state index contributed by atoms with van der Waals surface area (Å²) in [5, 5.41) is 2.03. The van der Waals surface area contributed by atoms with Crippen LogP contribution in [0.3, 0.4) is 0 Å². The molecule has 1 aromatic rings. The molecule has 1 aliphatic heterocycles. The smallest absolute Gasteiger partial charge is 0.342 e. The Morgan fingerprint density at radius 3 is 2.46 bits per heavy atom. The molecular formula is C16H16ClF3N2O2. The molecule has 0 spiro atoms. The first kappa shape index (κ1) is 17.1. The van der Waals surface area contributed by atoms with Crippen LogP contribution in [0, 0.1) is 11.8 Å². The van der Waals surface area contributed by atoms with Crippen molar-refractivity contribution in [3.63, 3.8) is 0 Å². The summed E-state index contributed by atoms with van der Waals surface area (Å²) in [4.78, 5) is 26.1. The second-order valence-electron chi connectivity index (χ2n) is 6.16. The fourth-order valence-corrected chi connectivity index (χ4v) is 3.21. The lowest BCUT2D eigenvalue weighted by atomic mass is 10.2. The molecule has 8 heteroatoms. The molecule has 1 saturated heterocycles. The van der Waals surface area contributed by atoms with Gasteiger partial charge in [0.2, 0.25) is 11.8 Å². The van der Waals surface area contributed by atoms with Crippen molar-refractivity contribution < 1.29 is 22.8 Å². The van der Waals surface area contributed by atoms with E-state index < -0.39 is 28.6 Å². The number of carbonyl (C=O) groups excluding carboxylic acids is 2. The Bertz CT molecular complexity index is 672. The third-order valence-electron chi connectivity index (χ3n) is 4.40. The van der Waals surface area contributed by atoms with Crippen LogP contribution >= 0.6 is 11.6 Å². The maximum absolute atomic E-state index is 12.8. The topological polar surface area (TPSA) is 49.4 Å². The fourth-order valence-electron chi connectivity index (χ4n) is 2.98. The normalized spacial score (nSPS) is 23.2. The number of nitrogens with one attached hydrogen (secondary N) is 1. The summed E-state index contributed by atoms with van der Waals surface area (Å²) in [5.41, 5.74) is -0.974. The summed E-state index contributed by atoms with van der Waals surface area (Å²) in [6.45, 7) is 1.44. The first-order chi connectivity index (χ1) is 11.3. The standard InChI is InChI=1S/C16H16ClF3N2O2/c17-13-4-3-9(7-12(13)16(18,19)20)21-14(23)10-8-11(10)15(24)22-5-1-2-6-22/h3-4,7,10-11H,1-2,5-6,8H2,(H,21,23). The number of halogens is 4. The number of benzene rings is 1. The first-order valence-corrected chi connectivity index (χ1v) is 8.11. The van der Waals surface area contributed by atoms with Gasteiger partial charge in [-0.25, -0.2) is 0 Å². The lowest BCUT2D eigenvalue weighted by Crippen LogP contribution is -2.30. The molecule has 2 fully saturated rings. The van der Waals surface area contributed by atoms with Crippen molar-refractivity contribution in [2.75, 3.05) is 18.4 Å². The number of hydrogen-bond donors (Lipinski definition) is 1. The molecule has 1 saturated carbocycles. The van der Waals surface area contributed by atoms with Gasteiger partial charge in [0.25, 0.3) is 0 Å². The van der Waals surface area contributed by atoms with E-state index in [-0.39, 0.29) is 17.5 Å². The third kappa shape index (κ3) is 3.50. The van der Waals surface area contributed by atoms with Crippen molar-refractivity contribution in [2.45, 2.75) is 25.4 Å². The Morgan fingerprint density at radius 1 is 1.17 bits per heavy atom. The molecule has 3 rings (SSSR count). The number of carbonyl (C=O) groups is 2. The van der Waals surface area contributed by atoms with E-state index in [0.717, 1.165) is 38.1 Å². The van der Waals surface area contributed by atoms with Gasteiger partial charge in [-0.05, 0) is 37.5 Å². The number of alkyl halides is 3. The van der Waals surface area contributed by atoms with Gasteiger partial charge in [0.15, 0.2) is 0 Å². The average Bonchev–Trinajstić information content (AvgIpc) is 3.13. The Hall–Kier alpha value is -1.76. The van der Waals surface area contributed by atoms with Crippen LogP contribution in [0.5, 0.6) is 0 Å². The largest absolute Gasteiger partial charge is 0.417 e.